The number of hydrogen-bond donors (Lipinski definition) is 1. The predicted molar refractivity (Wildman–Crippen MR) is 84.5 cm³/mol. The molecule has 1 aliphatic heterocycles. The third-order valence-corrected chi connectivity index (χ3v) is 4.29. The number of azide groups is 1. The van der Waals surface area contributed by atoms with Gasteiger partial charge in [-0.05, 0) is 45.6 Å². The fourth-order valence-electron chi connectivity index (χ4n) is 3.36. The van der Waals surface area contributed by atoms with Gasteiger partial charge in [0.2, 0.25) is 0 Å². The fraction of sp³-hybridized carbons (Fsp3) is 0.933. The van der Waals surface area contributed by atoms with Crippen LogP contribution in [0.15, 0.2) is 5.11 Å². The van der Waals surface area contributed by atoms with Crippen LogP contribution in [0.1, 0.15) is 52.9 Å². The smallest absolute Gasteiger partial charge is 0.407 e. The van der Waals surface area contributed by atoms with Crippen molar-refractivity contribution in [1.29, 1.82) is 0 Å². The molecule has 124 valence electrons. The average Bonchev–Trinajstić information content (AvgIpc) is 2.85. The van der Waals surface area contributed by atoms with E-state index in [1.54, 1.807) is 0 Å². The second kappa shape index (κ2) is 7.20. The van der Waals surface area contributed by atoms with Gasteiger partial charge in [-0.1, -0.05) is 18.0 Å². The summed E-state index contributed by atoms with van der Waals surface area (Å²) in [4.78, 5) is 17.2. The minimum absolute atomic E-state index is 0.0564. The zero-order valence-corrected chi connectivity index (χ0v) is 13.8. The normalized spacial score (nSPS) is 29.7. The van der Waals surface area contributed by atoms with Crippen molar-refractivity contribution in [3.05, 3.63) is 10.4 Å². The van der Waals surface area contributed by atoms with Gasteiger partial charge in [0.1, 0.15) is 6.10 Å². The summed E-state index contributed by atoms with van der Waals surface area (Å²) in [5.41, 5.74) is 8.43. The molecule has 3 atom stereocenters. The van der Waals surface area contributed by atoms with Crippen LogP contribution in [0.5, 0.6) is 0 Å². The minimum Gasteiger partial charge on any atom is -0.445 e. The van der Waals surface area contributed by atoms with E-state index in [0.29, 0.717) is 6.04 Å². The van der Waals surface area contributed by atoms with E-state index in [1.165, 1.54) is 6.42 Å². The molecule has 2 rings (SSSR count). The standard InChI is InChI=1S/C15H27N5O2/c1-15(2,3)17-14(21)22-11-8-9-20(10-11)13-7-5-4-6-12(13)18-19-16/h11-13H,4-10H2,1-3H3,(H,17,21)/t11-,12+,13-/m1/s1. The van der Waals surface area contributed by atoms with Crippen molar-refractivity contribution in [3.8, 4) is 0 Å². The van der Waals surface area contributed by atoms with Crippen molar-refractivity contribution in [2.75, 3.05) is 13.1 Å². The molecule has 0 aromatic carbocycles. The maximum absolute atomic E-state index is 11.8. The Balaban J connectivity index is 1.86. The zero-order valence-electron chi connectivity index (χ0n) is 13.8. The molecule has 0 radical (unpaired) electrons. The zero-order chi connectivity index (χ0) is 16.2. The molecular weight excluding hydrogens is 282 g/mol. The van der Waals surface area contributed by atoms with Gasteiger partial charge >= 0.3 is 6.09 Å². The highest BCUT2D eigenvalue weighted by atomic mass is 16.6. The number of rotatable bonds is 3. The maximum Gasteiger partial charge on any atom is 0.407 e. The Labute approximate surface area is 132 Å². The Morgan fingerprint density at radius 3 is 2.73 bits per heavy atom. The van der Waals surface area contributed by atoms with Gasteiger partial charge in [-0.15, -0.1) is 0 Å². The number of carbonyl (C=O) groups excluding carboxylic acids is 1. The van der Waals surface area contributed by atoms with E-state index >= 15 is 0 Å². The summed E-state index contributed by atoms with van der Waals surface area (Å²) >= 11 is 0. The Hall–Kier alpha value is -1.46. The van der Waals surface area contributed by atoms with E-state index in [9.17, 15) is 4.79 Å². The monoisotopic (exact) mass is 309 g/mol. The Kier molecular flexibility index (Phi) is 5.53. The van der Waals surface area contributed by atoms with Crippen molar-refractivity contribution in [1.82, 2.24) is 10.2 Å². The highest BCUT2D eigenvalue weighted by Gasteiger charge is 2.35. The van der Waals surface area contributed by atoms with Gasteiger partial charge in [0, 0.05) is 29.6 Å². The van der Waals surface area contributed by atoms with Gasteiger partial charge in [0.05, 0.1) is 6.04 Å². The molecule has 1 saturated heterocycles. The first-order valence-corrected chi connectivity index (χ1v) is 8.16. The lowest BCUT2D eigenvalue weighted by Crippen LogP contribution is -2.45. The molecule has 1 heterocycles. The molecule has 1 amide bonds. The summed E-state index contributed by atoms with van der Waals surface area (Å²) in [6, 6.07) is 0.352. The number of ether oxygens (including phenoxy) is 1. The summed E-state index contributed by atoms with van der Waals surface area (Å²) in [5.74, 6) is 0. The van der Waals surface area contributed by atoms with Gasteiger partial charge in [-0.3, -0.25) is 4.90 Å². The van der Waals surface area contributed by atoms with Crippen molar-refractivity contribution in [2.45, 2.75) is 76.6 Å². The SMILES string of the molecule is CC(C)(C)NC(=O)O[C@@H]1CCN([C@@H]2CCCC[C@@H]2N=[N+]=[N-])C1. The number of alkyl carbamates (subject to hydrolysis) is 1. The molecule has 0 aromatic heterocycles. The topological polar surface area (TPSA) is 90.3 Å². The van der Waals surface area contributed by atoms with E-state index in [1.807, 2.05) is 20.8 Å². The first kappa shape index (κ1) is 16.9. The third-order valence-electron chi connectivity index (χ3n) is 4.29. The molecular formula is C15H27N5O2. The molecule has 22 heavy (non-hydrogen) atoms. The average molecular weight is 309 g/mol. The number of amides is 1. The molecule has 1 N–H and O–H groups in total. The van der Waals surface area contributed by atoms with Crippen molar-refractivity contribution >= 4 is 6.09 Å². The van der Waals surface area contributed by atoms with Crippen LogP contribution in [0, 0.1) is 0 Å². The van der Waals surface area contributed by atoms with Gasteiger partial charge in [0.15, 0.2) is 0 Å². The van der Waals surface area contributed by atoms with E-state index < -0.39 is 0 Å². The summed E-state index contributed by atoms with van der Waals surface area (Å²) in [6.07, 6.45) is 4.74. The Morgan fingerprint density at radius 1 is 1.32 bits per heavy atom. The summed E-state index contributed by atoms with van der Waals surface area (Å²) in [5, 5.41) is 6.79. The maximum atomic E-state index is 11.8. The lowest BCUT2D eigenvalue weighted by atomic mass is 9.90. The van der Waals surface area contributed by atoms with Crippen LogP contribution >= 0.6 is 0 Å². The molecule has 2 fully saturated rings. The predicted octanol–water partition coefficient (Wildman–Crippen LogP) is 3.21. The molecule has 2 aliphatic rings. The number of carbonyl (C=O) groups is 1. The highest BCUT2D eigenvalue weighted by molar-refractivity contribution is 5.68. The lowest BCUT2D eigenvalue weighted by Gasteiger charge is -2.35. The molecule has 0 spiro atoms. The van der Waals surface area contributed by atoms with E-state index in [4.69, 9.17) is 10.3 Å². The van der Waals surface area contributed by atoms with E-state index in [2.05, 4.69) is 20.2 Å². The molecule has 0 bridgehead atoms. The number of nitrogens with zero attached hydrogens (tertiary/aromatic N) is 4. The number of likely N-dealkylation sites (tertiary alicyclic amines) is 1. The van der Waals surface area contributed by atoms with Crippen LogP contribution in [0.2, 0.25) is 0 Å². The highest BCUT2D eigenvalue weighted by Crippen LogP contribution is 2.29. The molecule has 1 aliphatic carbocycles. The van der Waals surface area contributed by atoms with Crippen LogP contribution in [0.25, 0.3) is 10.4 Å². The Morgan fingerprint density at radius 2 is 2.05 bits per heavy atom. The van der Waals surface area contributed by atoms with Crippen molar-refractivity contribution in [2.24, 2.45) is 5.11 Å². The molecule has 0 aromatic rings. The quantitative estimate of drug-likeness (QED) is 0.493. The minimum atomic E-state index is -0.352. The molecule has 1 saturated carbocycles. The summed E-state index contributed by atoms with van der Waals surface area (Å²) in [6.45, 7) is 7.43. The second-order valence-electron chi connectivity index (χ2n) is 7.31. The fourth-order valence-corrected chi connectivity index (χ4v) is 3.36. The largest absolute Gasteiger partial charge is 0.445 e. The summed E-state index contributed by atoms with van der Waals surface area (Å²) in [7, 11) is 0. The van der Waals surface area contributed by atoms with E-state index in [-0.39, 0.29) is 23.8 Å². The summed E-state index contributed by atoms with van der Waals surface area (Å²) < 4.78 is 5.51. The van der Waals surface area contributed by atoms with Crippen LogP contribution in [0.3, 0.4) is 0 Å². The van der Waals surface area contributed by atoms with E-state index in [0.717, 1.165) is 38.8 Å². The second-order valence-corrected chi connectivity index (χ2v) is 7.31. The number of nitrogens with one attached hydrogen (secondary N) is 1. The lowest BCUT2D eigenvalue weighted by molar-refractivity contribution is 0.0849. The number of hydrogen-bond acceptors (Lipinski definition) is 4. The first-order chi connectivity index (χ1) is 10.4. The van der Waals surface area contributed by atoms with Crippen molar-refractivity contribution in [3.63, 3.8) is 0 Å². The van der Waals surface area contributed by atoms with Crippen LogP contribution in [-0.2, 0) is 4.74 Å². The van der Waals surface area contributed by atoms with Gasteiger partial charge in [-0.2, -0.15) is 0 Å². The Bertz CT molecular complexity index is 442. The molecule has 0 unspecified atom stereocenters. The van der Waals surface area contributed by atoms with Gasteiger partial charge in [0.25, 0.3) is 0 Å². The first-order valence-electron chi connectivity index (χ1n) is 8.16. The molecule has 7 heteroatoms. The van der Waals surface area contributed by atoms with Crippen LogP contribution < -0.4 is 5.32 Å². The third kappa shape index (κ3) is 4.78. The molecule has 7 nitrogen and oxygen atoms in total. The van der Waals surface area contributed by atoms with Crippen LogP contribution in [-0.4, -0.2) is 47.8 Å². The van der Waals surface area contributed by atoms with Gasteiger partial charge in [-0.25, -0.2) is 4.79 Å². The van der Waals surface area contributed by atoms with Crippen molar-refractivity contribution < 1.29 is 9.53 Å². The van der Waals surface area contributed by atoms with Gasteiger partial charge < -0.3 is 10.1 Å². The van der Waals surface area contributed by atoms with Crippen LogP contribution in [0.4, 0.5) is 4.79 Å².